The first kappa shape index (κ1) is 16.2. The van der Waals surface area contributed by atoms with Gasteiger partial charge in [-0.15, -0.1) is 0 Å². The van der Waals surface area contributed by atoms with Crippen molar-refractivity contribution in [2.24, 2.45) is 4.99 Å². The van der Waals surface area contributed by atoms with Crippen LogP contribution in [0.25, 0.3) is 0 Å². The minimum atomic E-state index is -3.67. The van der Waals surface area contributed by atoms with Crippen LogP contribution in [0.2, 0.25) is 0 Å². The Balaban J connectivity index is 2.16. The van der Waals surface area contributed by atoms with Crippen LogP contribution in [0, 0.1) is 0 Å². The zero-order chi connectivity index (χ0) is 16.2. The maximum Gasteiger partial charge on any atom is 0.262 e. The molecule has 1 aliphatic heterocycles. The summed E-state index contributed by atoms with van der Waals surface area (Å²) < 4.78 is 27.1. The minimum Gasteiger partial charge on any atom is -0.322 e. The molecular weight excluding hydrogens is 302 g/mol. The Kier molecular flexibility index (Phi) is 4.97. The third-order valence-electron chi connectivity index (χ3n) is 2.96. The van der Waals surface area contributed by atoms with E-state index < -0.39 is 10.0 Å². The lowest BCUT2D eigenvalue weighted by Crippen LogP contribution is -2.29. The zero-order valence-electron chi connectivity index (χ0n) is 12.6. The number of nitrogens with zero attached hydrogens (tertiary/aromatic N) is 1. The molecule has 0 saturated heterocycles. The maximum atomic E-state index is 12.3. The van der Waals surface area contributed by atoms with Crippen LogP contribution in [0.1, 0.15) is 26.7 Å². The van der Waals surface area contributed by atoms with Gasteiger partial charge in [0.2, 0.25) is 5.91 Å². The van der Waals surface area contributed by atoms with Gasteiger partial charge in [-0.1, -0.05) is 11.6 Å². The summed E-state index contributed by atoms with van der Waals surface area (Å²) in [5, 5.41) is 2.64. The SMILES string of the molecule is CC(C)=CC(=O)Nc1cccc(S(=O)(=O)NC2=NCCC2)c1. The van der Waals surface area contributed by atoms with Gasteiger partial charge in [0.05, 0.1) is 4.90 Å². The summed E-state index contributed by atoms with van der Waals surface area (Å²) in [5.74, 6) is 0.196. The highest BCUT2D eigenvalue weighted by Gasteiger charge is 2.18. The molecule has 0 aliphatic carbocycles. The van der Waals surface area contributed by atoms with Gasteiger partial charge in [-0.05, 0) is 38.5 Å². The molecule has 1 heterocycles. The van der Waals surface area contributed by atoms with Crippen LogP contribution < -0.4 is 10.0 Å². The smallest absolute Gasteiger partial charge is 0.262 e. The number of nitrogens with one attached hydrogen (secondary N) is 2. The maximum absolute atomic E-state index is 12.3. The normalized spacial score (nSPS) is 14.2. The molecule has 7 heteroatoms. The largest absolute Gasteiger partial charge is 0.322 e. The Morgan fingerprint density at radius 2 is 2.09 bits per heavy atom. The van der Waals surface area contributed by atoms with Crippen LogP contribution in [-0.4, -0.2) is 26.7 Å². The van der Waals surface area contributed by atoms with Crippen molar-refractivity contribution in [2.45, 2.75) is 31.6 Å². The van der Waals surface area contributed by atoms with E-state index in [1.807, 2.05) is 13.8 Å². The number of benzene rings is 1. The molecule has 1 aromatic rings. The quantitative estimate of drug-likeness (QED) is 0.832. The van der Waals surface area contributed by atoms with Gasteiger partial charge in [-0.25, -0.2) is 8.42 Å². The molecule has 22 heavy (non-hydrogen) atoms. The Labute approximate surface area is 130 Å². The molecule has 0 bridgehead atoms. The Morgan fingerprint density at radius 3 is 2.73 bits per heavy atom. The number of sulfonamides is 1. The molecule has 2 rings (SSSR count). The molecule has 2 N–H and O–H groups in total. The van der Waals surface area contributed by atoms with E-state index >= 15 is 0 Å². The van der Waals surface area contributed by atoms with E-state index in [2.05, 4.69) is 15.0 Å². The highest BCUT2D eigenvalue weighted by atomic mass is 32.2. The lowest BCUT2D eigenvalue weighted by Gasteiger charge is -2.09. The van der Waals surface area contributed by atoms with Gasteiger partial charge in [0.15, 0.2) is 0 Å². The molecule has 0 unspecified atom stereocenters. The van der Waals surface area contributed by atoms with E-state index in [9.17, 15) is 13.2 Å². The number of carbonyl (C=O) groups excluding carboxylic acids is 1. The van der Waals surface area contributed by atoms with E-state index in [1.165, 1.54) is 18.2 Å². The Hall–Kier alpha value is -2.15. The van der Waals surface area contributed by atoms with Crippen LogP contribution in [0.3, 0.4) is 0 Å². The molecule has 0 atom stereocenters. The second-order valence-electron chi connectivity index (χ2n) is 5.28. The van der Waals surface area contributed by atoms with Crippen LogP contribution in [-0.2, 0) is 14.8 Å². The third kappa shape index (κ3) is 4.42. The molecule has 1 aromatic carbocycles. The molecule has 0 aromatic heterocycles. The standard InChI is InChI=1S/C15H19N3O3S/c1-11(2)9-15(19)17-12-5-3-6-13(10-12)22(20,21)18-14-7-4-8-16-14/h3,5-6,9-10H,4,7-8H2,1-2H3,(H,16,18)(H,17,19). The van der Waals surface area contributed by atoms with Crippen molar-refractivity contribution in [1.29, 1.82) is 0 Å². The Morgan fingerprint density at radius 1 is 1.32 bits per heavy atom. The van der Waals surface area contributed by atoms with Gasteiger partial charge in [0.25, 0.3) is 10.0 Å². The summed E-state index contributed by atoms with van der Waals surface area (Å²) in [4.78, 5) is 15.9. The van der Waals surface area contributed by atoms with Crippen molar-refractivity contribution < 1.29 is 13.2 Å². The number of amidine groups is 1. The lowest BCUT2D eigenvalue weighted by molar-refractivity contribution is -0.111. The molecule has 1 aliphatic rings. The summed E-state index contributed by atoms with van der Waals surface area (Å²) in [5.41, 5.74) is 1.29. The van der Waals surface area contributed by atoms with Crippen molar-refractivity contribution in [3.63, 3.8) is 0 Å². The monoisotopic (exact) mass is 321 g/mol. The molecule has 0 radical (unpaired) electrons. The number of aliphatic imine (C=N–C) groups is 1. The van der Waals surface area contributed by atoms with Crippen LogP contribution in [0.4, 0.5) is 5.69 Å². The topological polar surface area (TPSA) is 87.6 Å². The molecule has 0 fully saturated rings. The number of rotatable bonds is 4. The summed E-state index contributed by atoms with van der Waals surface area (Å²) >= 11 is 0. The summed E-state index contributed by atoms with van der Waals surface area (Å²) in [6, 6.07) is 6.13. The highest BCUT2D eigenvalue weighted by molar-refractivity contribution is 7.90. The van der Waals surface area contributed by atoms with Gasteiger partial charge in [-0.2, -0.15) is 0 Å². The predicted molar refractivity (Wildman–Crippen MR) is 86.4 cm³/mol. The zero-order valence-corrected chi connectivity index (χ0v) is 13.4. The number of amides is 1. The molecule has 0 saturated carbocycles. The van der Waals surface area contributed by atoms with E-state index in [-0.39, 0.29) is 10.8 Å². The fourth-order valence-electron chi connectivity index (χ4n) is 2.02. The summed E-state index contributed by atoms with van der Waals surface area (Å²) in [6.07, 6.45) is 2.94. The number of allylic oxidation sites excluding steroid dienone is 1. The molecule has 118 valence electrons. The fourth-order valence-corrected chi connectivity index (χ4v) is 3.15. The average Bonchev–Trinajstić information content (AvgIpc) is 2.90. The molecule has 1 amide bonds. The van der Waals surface area contributed by atoms with Crippen LogP contribution in [0.5, 0.6) is 0 Å². The van der Waals surface area contributed by atoms with Gasteiger partial charge in [-0.3, -0.25) is 14.5 Å². The van der Waals surface area contributed by atoms with Gasteiger partial charge >= 0.3 is 0 Å². The van der Waals surface area contributed by atoms with Crippen molar-refractivity contribution in [3.8, 4) is 0 Å². The number of hydrogen-bond donors (Lipinski definition) is 2. The number of hydrogen-bond acceptors (Lipinski definition) is 4. The van der Waals surface area contributed by atoms with E-state index in [0.717, 1.165) is 12.0 Å². The first-order valence-corrected chi connectivity index (χ1v) is 8.47. The highest BCUT2D eigenvalue weighted by Crippen LogP contribution is 2.16. The summed E-state index contributed by atoms with van der Waals surface area (Å²) in [7, 11) is -3.67. The summed E-state index contributed by atoms with van der Waals surface area (Å²) in [6.45, 7) is 4.27. The van der Waals surface area contributed by atoms with E-state index in [0.29, 0.717) is 24.5 Å². The first-order chi connectivity index (χ1) is 10.4. The predicted octanol–water partition coefficient (Wildman–Crippen LogP) is 2.06. The molecule has 6 nitrogen and oxygen atoms in total. The first-order valence-electron chi connectivity index (χ1n) is 6.99. The van der Waals surface area contributed by atoms with Crippen LogP contribution in [0.15, 0.2) is 45.8 Å². The van der Waals surface area contributed by atoms with E-state index in [4.69, 9.17) is 0 Å². The average molecular weight is 321 g/mol. The van der Waals surface area contributed by atoms with Crippen molar-refractivity contribution in [1.82, 2.24) is 4.72 Å². The van der Waals surface area contributed by atoms with Gasteiger partial charge in [0.1, 0.15) is 5.84 Å². The Bertz CT molecular complexity index is 732. The van der Waals surface area contributed by atoms with Crippen molar-refractivity contribution in [3.05, 3.63) is 35.9 Å². The second-order valence-corrected chi connectivity index (χ2v) is 6.96. The van der Waals surface area contributed by atoms with Gasteiger partial charge < -0.3 is 5.32 Å². The van der Waals surface area contributed by atoms with Crippen LogP contribution >= 0.6 is 0 Å². The number of carbonyl (C=O) groups is 1. The second kappa shape index (κ2) is 6.74. The third-order valence-corrected chi connectivity index (χ3v) is 4.34. The van der Waals surface area contributed by atoms with Crippen molar-refractivity contribution >= 4 is 27.5 Å². The molecular formula is C15H19N3O3S. The molecule has 0 spiro atoms. The van der Waals surface area contributed by atoms with E-state index in [1.54, 1.807) is 12.1 Å². The number of anilines is 1. The van der Waals surface area contributed by atoms with Crippen molar-refractivity contribution in [2.75, 3.05) is 11.9 Å². The lowest BCUT2D eigenvalue weighted by atomic mass is 10.3. The fraction of sp³-hybridized carbons (Fsp3) is 0.333. The van der Waals surface area contributed by atoms with Gasteiger partial charge in [0, 0.05) is 24.7 Å². The minimum absolute atomic E-state index is 0.0945.